The van der Waals surface area contributed by atoms with Crippen LogP contribution in [0.1, 0.15) is 25.3 Å². The first kappa shape index (κ1) is 15.7. The van der Waals surface area contributed by atoms with E-state index in [0.717, 1.165) is 45.4 Å². The van der Waals surface area contributed by atoms with Gasteiger partial charge in [-0.15, -0.1) is 0 Å². The maximum absolute atomic E-state index is 10.2. The van der Waals surface area contributed by atoms with Crippen molar-refractivity contribution in [3.05, 3.63) is 36.8 Å². The summed E-state index contributed by atoms with van der Waals surface area (Å²) in [5.41, 5.74) is 2.58. The Kier molecular flexibility index (Phi) is 7.91. The van der Waals surface area contributed by atoms with Gasteiger partial charge >= 0.3 is 0 Å². The molecule has 3 nitrogen and oxygen atoms in total. The number of hydrogen-bond acceptors (Lipinski definition) is 3. The van der Waals surface area contributed by atoms with Crippen molar-refractivity contribution in [3.63, 3.8) is 0 Å². The molecule has 0 aliphatic carbocycles. The third kappa shape index (κ3) is 5.43. The van der Waals surface area contributed by atoms with Crippen molar-refractivity contribution >= 4 is 12.0 Å². The zero-order valence-electron chi connectivity index (χ0n) is 11.8. The average Bonchev–Trinajstić information content (AvgIpc) is 2.51. The average molecular weight is 262 g/mol. The predicted molar refractivity (Wildman–Crippen MR) is 79.5 cm³/mol. The maximum Gasteiger partial charge on any atom is 0.120 e. The largest absolute Gasteiger partial charge is 0.378 e. The number of rotatable bonds is 5. The number of aldehydes is 1. The van der Waals surface area contributed by atoms with Crippen LogP contribution in [-0.4, -0.2) is 32.6 Å². The lowest BCUT2D eigenvalue weighted by atomic mass is 10.1. The summed E-state index contributed by atoms with van der Waals surface area (Å²) in [7, 11) is 0. The topological polar surface area (TPSA) is 29.5 Å². The third-order valence-corrected chi connectivity index (χ3v) is 3.10. The second-order valence-electron chi connectivity index (χ2n) is 4.32. The van der Waals surface area contributed by atoms with Gasteiger partial charge in [-0.05, 0) is 30.5 Å². The molecule has 105 valence electrons. The molecule has 1 saturated heterocycles. The van der Waals surface area contributed by atoms with Crippen LogP contribution < -0.4 is 4.90 Å². The van der Waals surface area contributed by atoms with Gasteiger partial charge < -0.3 is 14.4 Å². The number of benzene rings is 1. The molecule has 0 bridgehead atoms. The van der Waals surface area contributed by atoms with Gasteiger partial charge in [0.15, 0.2) is 0 Å². The van der Waals surface area contributed by atoms with Gasteiger partial charge in [0.1, 0.15) is 6.29 Å². The highest BCUT2D eigenvalue weighted by Crippen LogP contribution is 2.17. The zero-order chi connectivity index (χ0) is 13.9. The molecule has 3 heteroatoms. The first-order valence-electron chi connectivity index (χ1n) is 6.96. The first-order chi connectivity index (χ1) is 9.40. The van der Waals surface area contributed by atoms with Crippen LogP contribution >= 0.6 is 0 Å². The van der Waals surface area contributed by atoms with E-state index < -0.39 is 0 Å². The second kappa shape index (κ2) is 9.56. The Balaban J connectivity index is 0.000000861. The van der Waals surface area contributed by atoms with Crippen LogP contribution in [-0.2, 0) is 16.0 Å². The molecule has 19 heavy (non-hydrogen) atoms. The van der Waals surface area contributed by atoms with Gasteiger partial charge in [0.05, 0.1) is 13.2 Å². The van der Waals surface area contributed by atoms with Crippen molar-refractivity contribution in [1.82, 2.24) is 0 Å². The molecule has 0 spiro atoms. The minimum atomic E-state index is 0.658. The highest BCUT2D eigenvalue weighted by atomic mass is 16.5. The first-order valence-corrected chi connectivity index (χ1v) is 6.96. The summed E-state index contributed by atoms with van der Waals surface area (Å²) < 4.78 is 5.34. The Morgan fingerprint density at radius 1 is 1.21 bits per heavy atom. The predicted octanol–water partition coefficient (Wildman–Crippen LogP) is 2.89. The van der Waals surface area contributed by atoms with E-state index in [1.54, 1.807) is 6.92 Å². The van der Waals surface area contributed by atoms with E-state index in [4.69, 9.17) is 4.74 Å². The van der Waals surface area contributed by atoms with Crippen LogP contribution in [0, 0.1) is 6.92 Å². The lowest BCUT2D eigenvalue weighted by Gasteiger charge is -2.28. The van der Waals surface area contributed by atoms with Gasteiger partial charge in [0.2, 0.25) is 0 Å². The standard InChI is InChI=1S/C14H19NO2.C2H5/c16-10-2-1-3-13-4-6-14(7-5-13)15-8-11-17-12-9-15;1-2/h4-7,10H,1-3,8-9,11-12H2;1H2,2H3. The van der Waals surface area contributed by atoms with Gasteiger partial charge in [0.25, 0.3) is 0 Å². The Labute approximate surface area is 116 Å². The second-order valence-corrected chi connectivity index (χ2v) is 4.32. The number of hydrogen-bond donors (Lipinski definition) is 0. The van der Waals surface area contributed by atoms with Crippen LogP contribution in [0.5, 0.6) is 0 Å². The van der Waals surface area contributed by atoms with Crippen LogP contribution in [0.15, 0.2) is 24.3 Å². The molecule has 0 aromatic heterocycles. The van der Waals surface area contributed by atoms with Gasteiger partial charge in [-0.2, -0.15) is 0 Å². The molecule has 0 unspecified atom stereocenters. The van der Waals surface area contributed by atoms with Crippen molar-refractivity contribution in [3.8, 4) is 0 Å². The Hall–Kier alpha value is -1.35. The SMILES string of the molecule is O=CCCCc1ccc(N2CCOCC2)cc1.[CH2]C. The molecular weight excluding hydrogens is 238 g/mol. The molecule has 1 aromatic carbocycles. The van der Waals surface area contributed by atoms with E-state index in [0.29, 0.717) is 6.42 Å². The normalized spacial score (nSPS) is 14.5. The summed E-state index contributed by atoms with van der Waals surface area (Å²) in [5.74, 6) is 0. The Bertz CT molecular complexity index is 342. The number of nitrogens with zero attached hydrogens (tertiary/aromatic N) is 1. The lowest BCUT2D eigenvalue weighted by molar-refractivity contribution is -0.107. The van der Waals surface area contributed by atoms with Crippen molar-refractivity contribution in [1.29, 1.82) is 0 Å². The van der Waals surface area contributed by atoms with Crippen LogP contribution in [0.4, 0.5) is 5.69 Å². The number of carbonyl (C=O) groups is 1. The fraction of sp³-hybridized carbons (Fsp3) is 0.500. The number of anilines is 1. The quantitative estimate of drug-likeness (QED) is 0.603. The Morgan fingerprint density at radius 2 is 1.84 bits per heavy atom. The minimum Gasteiger partial charge on any atom is -0.378 e. The molecule has 0 amide bonds. The highest BCUT2D eigenvalue weighted by Gasteiger charge is 2.10. The molecule has 1 aliphatic rings. The van der Waals surface area contributed by atoms with E-state index in [1.807, 2.05) is 0 Å². The van der Waals surface area contributed by atoms with E-state index in [-0.39, 0.29) is 0 Å². The minimum absolute atomic E-state index is 0.658. The molecular formula is C16H24NO2. The molecule has 1 radical (unpaired) electrons. The van der Waals surface area contributed by atoms with Crippen LogP contribution in [0.2, 0.25) is 0 Å². The summed E-state index contributed by atoms with van der Waals surface area (Å²) in [6.45, 7) is 8.59. The Morgan fingerprint density at radius 3 is 2.42 bits per heavy atom. The molecule has 1 fully saturated rings. The van der Waals surface area contributed by atoms with E-state index in [1.165, 1.54) is 11.3 Å². The molecule has 0 N–H and O–H groups in total. The summed E-state index contributed by atoms with van der Waals surface area (Å²) in [5, 5.41) is 0. The van der Waals surface area contributed by atoms with Gasteiger partial charge in [-0.1, -0.05) is 26.0 Å². The monoisotopic (exact) mass is 262 g/mol. The summed E-state index contributed by atoms with van der Waals surface area (Å²) in [6.07, 6.45) is 3.58. The smallest absolute Gasteiger partial charge is 0.120 e. The number of carbonyl (C=O) groups excluding carboxylic acids is 1. The van der Waals surface area contributed by atoms with E-state index >= 15 is 0 Å². The van der Waals surface area contributed by atoms with Crippen molar-refractivity contribution in [2.45, 2.75) is 26.2 Å². The molecule has 2 rings (SSSR count). The molecule has 1 heterocycles. The van der Waals surface area contributed by atoms with Gasteiger partial charge in [0, 0.05) is 25.2 Å². The van der Waals surface area contributed by atoms with Gasteiger partial charge in [-0.3, -0.25) is 0 Å². The van der Waals surface area contributed by atoms with E-state index in [9.17, 15) is 4.79 Å². The van der Waals surface area contributed by atoms with Gasteiger partial charge in [-0.25, -0.2) is 0 Å². The molecule has 1 aromatic rings. The number of ether oxygens (including phenoxy) is 1. The number of morpholine rings is 1. The molecule has 0 atom stereocenters. The van der Waals surface area contributed by atoms with E-state index in [2.05, 4.69) is 36.1 Å². The maximum atomic E-state index is 10.2. The number of unbranched alkanes of at least 4 members (excludes halogenated alkanes) is 1. The summed E-state index contributed by atoms with van der Waals surface area (Å²) in [6, 6.07) is 8.66. The highest BCUT2D eigenvalue weighted by molar-refractivity contribution is 5.50. The van der Waals surface area contributed by atoms with Crippen LogP contribution in [0.3, 0.4) is 0 Å². The molecule has 1 aliphatic heterocycles. The summed E-state index contributed by atoms with van der Waals surface area (Å²) in [4.78, 5) is 12.6. The lowest BCUT2D eigenvalue weighted by Crippen LogP contribution is -2.36. The summed E-state index contributed by atoms with van der Waals surface area (Å²) >= 11 is 0. The molecule has 0 saturated carbocycles. The fourth-order valence-corrected chi connectivity index (χ4v) is 2.08. The zero-order valence-corrected chi connectivity index (χ0v) is 11.8. The van der Waals surface area contributed by atoms with Crippen molar-refractivity contribution in [2.24, 2.45) is 0 Å². The number of aryl methyl sites for hydroxylation is 1. The fourth-order valence-electron chi connectivity index (χ4n) is 2.08. The van der Waals surface area contributed by atoms with Crippen LogP contribution in [0.25, 0.3) is 0 Å². The third-order valence-electron chi connectivity index (χ3n) is 3.10. The van der Waals surface area contributed by atoms with Crippen molar-refractivity contribution < 1.29 is 9.53 Å². The van der Waals surface area contributed by atoms with Crippen molar-refractivity contribution in [2.75, 3.05) is 31.2 Å².